The van der Waals surface area contributed by atoms with Crippen LogP contribution in [0.5, 0.6) is 0 Å². The van der Waals surface area contributed by atoms with Gasteiger partial charge in [-0.25, -0.2) is 0 Å². The molecule has 0 bridgehead atoms. The number of aromatic nitrogens is 1. The van der Waals surface area contributed by atoms with Crippen LogP contribution in [0.15, 0.2) is 47.4 Å². The van der Waals surface area contributed by atoms with Crippen molar-refractivity contribution in [2.45, 2.75) is 19.4 Å². The van der Waals surface area contributed by atoms with E-state index in [4.69, 9.17) is 5.73 Å². The van der Waals surface area contributed by atoms with Crippen LogP contribution in [0.3, 0.4) is 0 Å². The van der Waals surface area contributed by atoms with Gasteiger partial charge in [0.25, 0.3) is 11.5 Å². The average Bonchev–Trinajstić information content (AvgIpc) is 2.64. The average molecular weight is 368 g/mol. The lowest BCUT2D eigenvalue weighted by Crippen LogP contribution is -2.38. The molecule has 1 aliphatic rings. The Morgan fingerprint density at radius 1 is 1.19 bits per heavy atom. The van der Waals surface area contributed by atoms with Crippen LogP contribution in [0.4, 0.5) is 5.69 Å². The number of anilines is 1. The van der Waals surface area contributed by atoms with E-state index in [0.717, 1.165) is 38.0 Å². The molecule has 0 saturated carbocycles. The van der Waals surface area contributed by atoms with E-state index in [1.54, 1.807) is 19.3 Å². The van der Waals surface area contributed by atoms with Crippen molar-refractivity contribution in [3.05, 3.63) is 64.1 Å². The van der Waals surface area contributed by atoms with Gasteiger partial charge in [-0.1, -0.05) is 12.1 Å². The lowest BCUT2D eigenvalue weighted by atomic mass is 9.96. The van der Waals surface area contributed by atoms with Gasteiger partial charge in [-0.05, 0) is 49.7 Å². The Kier molecular flexibility index (Phi) is 5.71. The second kappa shape index (κ2) is 8.18. The first kappa shape index (κ1) is 18.8. The summed E-state index contributed by atoms with van der Waals surface area (Å²) >= 11 is 0. The Morgan fingerprint density at radius 2 is 1.93 bits per heavy atom. The second-order valence-electron chi connectivity index (χ2n) is 6.97. The minimum atomic E-state index is -0.313. The number of amides is 2. The molecule has 0 radical (unpaired) electrons. The Bertz CT molecular complexity index is 898. The van der Waals surface area contributed by atoms with Gasteiger partial charge in [0.2, 0.25) is 5.91 Å². The van der Waals surface area contributed by atoms with Crippen molar-refractivity contribution in [3.63, 3.8) is 0 Å². The van der Waals surface area contributed by atoms with Crippen LogP contribution in [0, 0.1) is 5.92 Å². The van der Waals surface area contributed by atoms with E-state index in [1.807, 2.05) is 24.3 Å². The highest BCUT2D eigenvalue weighted by Gasteiger charge is 2.23. The number of nitrogens with zero attached hydrogens (tertiary/aromatic N) is 2. The van der Waals surface area contributed by atoms with Crippen LogP contribution in [0.25, 0.3) is 0 Å². The number of rotatable bonds is 5. The van der Waals surface area contributed by atoms with Gasteiger partial charge in [0.15, 0.2) is 0 Å². The molecule has 1 fully saturated rings. The summed E-state index contributed by atoms with van der Waals surface area (Å²) in [4.78, 5) is 37.6. The smallest absolute Gasteiger partial charge is 0.255 e. The van der Waals surface area contributed by atoms with E-state index in [9.17, 15) is 14.4 Å². The molecule has 1 aromatic carbocycles. The fourth-order valence-electron chi connectivity index (χ4n) is 3.27. The summed E-state index contributed by atoms with van der Waals surface area (Å²) in [6.07, 6.45) is 3.15. The fourth-order valence-corrected chi connectivity index (χ4v) is 3.27. The normalized spacial score (nSPS) is 15.4. The summed E-state index contributed by atoms with van der Waals surface area (Å²) in [6, 6.07) is 10.6. The van der Waals surface area contributed by atoms with Gasteiger partial charge in [-0.3, -0.25) is 19.3 Å². The zero-order chi connectivity index (χ0) is 19.4. The number of hydrogen-bond donors (Lipinski definition) is 2. The molecule has 27 heavy (non-hydrogen) atoms. The van der Waals surface area contributed by atoms with Crippen molar-refractivity contribution in [3.8, 4) is 0 Å². The SMILES string of the molecule is Cn1ccc(C(=O)Nc2cccc(CN3CCC(C(N)=O)CC3)c2)cc1=O. The summed E-state index contributed by atoms with van der Waals surface area (Å²) < 4.78 is 1.42. The number of primary amides is 1. The maximum absolute atomic E-state index is 12.4. The van der Waals surface area contributed by atoms with Gasteiger partial charge in [-0.15, -0.1) is 0 Å². The molecule has 2 aromatic rings. The minimum absolute atomic E-state index is 0.0227. The number of pyridine rings is 1. The van der Waals surface area contributed by atoms with Gasteiger partial charge in [0, 0.05) is 43.0 Å². The maximum Gasteiger partial charge on any atom is 0.255 e. The second-order valence-corrected chi connectivity index (χ2v) is 6.97. The first-order chi connectivity index (χ1) is 12.9. The molecule has 3 rings (SSSR count). The van der Waals surface area contributed by atoms with Crippen molar-refractivity contribution in [2.75, 3.05) is 18.4 Å². The van der Waals surface area contributed by atoms with Crippen LogP contribution in [-0.2, 0) is 18.4 Å². The van der Waals surface area contributed by atoms with Gasteiger partial charge >= 0.3 is 0 Å². The largest absolute Gasteiger partial charge is 0.369 e. The van der Waals surface area contributed by atoms with E-state index >= 15 is 0 Å². The molecule has 1 saturated heterocycles. The highest BCUT2D eigenvalue weighted by molar-refractivity contribution is 6.04. The monoisotopic (exact) mass is 368 g/mol. The molecular formula is C20H24N4O3. The van der Waals surface area contributed by atoms with E-state index in [1.165, 1.54) is 10.6 Å². The molecular weight excluding hydrogens is 344 g/mol. The molecule has 1 aliphatic heterocycles. The number of piperidine rings is 1. The molecule has 0 aliphatic carbocycles. The first-order valence-electron chi connectivity index (χ1n) is 9.01. The topological polar surface area (TPSA) is 97.4 Å². The molecule has 3 N–H and O–H groups in total. The Morgan fingerprint density at radius 3 is 2.59 bits per heavy atom. The predicted octanol–water partition coefficient (Wildman–Crippen LogP) is 1.33. The summed E-state index contributed by atoms with van der Waals surface area (Å²) in [5, 5.41) is 2.84. The van der Waals surface area contributed by atoms with Crippen LogP contribution < -0.4 is 16.6 Å². The number of carbonyl (C=O) groups is 2. The number of carbonyl (C=O) groups excluding carboxylic acids is 2. The Balaban J connectivity index is 1.62. The third kappa shape index (κ3) is 4.83. The summed E-state index contributed by atoms with van der Waals surface area (Å²) in [7, 11) is 1.64. The zero-order valence-electron chi connectivity index (χ0n) is 15.4. The van der Waals surface area contributed by atoms with Crippen LogP contribution in [-0.4, -0.2) is 34.4 Å². The van der Waals surface area contributed by atoms with Crippen molar-refractivity contribution < 1.29 is 9.59 Å². The number of benzene rings is 1. The van der Waals surface area contributed by atoms with Gasteiger partial charge in [-0.2, -0.15) is 0 Å². The molecule has 2 heterocycles. The minimum Gasteiger partial charge on any atom is -0.369 e. The van der Waals surface area contributed by atoms with Crippen LogP contribution in [0.1, 0.15) is 28.8 Å². The van der Waals surface area contributed by atoms with Crippen molar-refractivity contribution in [2.24, 2.45) is 18.7 Å². The van der Waals surface area contributed by atoms with E-state index < -0.39 is 0 Å². The molecule has 2 amide bonds. The molecule has 7 heteroatoms. The number of aryl methyl sites for hydroxylation is 1. The third-order valence-electron chi connectivity index (χ3n) is 4.95. The fraction of sp³-hybridized carbons (Fsp3) is 0.350. The number of nitrogens with two attached hydrogens (primary N) is 1. The third-order valence-corrected chi connectivity index (χ3v) is 4.95. The van der Waals surface area contributed by atoms with Gasteiger partial charge in [0.05, 0.1) is 0 Å². The Labute approximate surface area is 157 Å². The molecule has 1 aromatic heterocycles. The van der Waals surface area contributed by atoms with Crippen molar-refractivity contribution in [1.29, 1.82) is 0 Å². The summed E-state index contributed by atoms with van der Waals surface area (Å²) in [6.45, 7) is 2.41. The molecule has 0 unspecified atom stereocenters. The van der Waals surface area contributed by atoms with Crippen molar-refractivity contribution in [1.82, 2.24) is 9.47 Å². The lowest BCUT2D eigenvalue weighted by molar-refractivity contribution is -0.123. The quantitative estimate of drug-likeness (QED) is 0.832. The summed E-state index contributed by atoms with van der Waals surface area (Å²) in [5.74, 6) is -0.548. The van der Waals surface area contributed by atoms with Crippen LogP contribution in [0.2, 0.25) is 0 Å². The van der Waals surface area contributed by atoms with E-state index in [2.05, 4.69) is 10.2 Å². The van der Waals surface area contributed by atoms with E-state index in [0.29, 0.717) is 11.3 Å². The van der Waals surface area contributed by atoms with E-state index in [-0.39, 0.29) is 23.3 Å². The predicted molar refractivity (Wildman–Crippen MR) is 103 cm³/mol. The number of likely N-dealkylation sites (tertiary alicyclic amines) is 1. The first-order valence-corrected chi connectivity index (χ1v) is 9.01. The molecule has 142 valence electrons. The van der Waals surface area contributed by atoms with Crippen LogP contribution >= 0.6 is 0 Å². The Hall–Kier alpha value is -2.93. The highest BCUT2D eigenvalue weighted by atomic mass is 16.2. The molecule has 0 atom stereocenters. The zero-order valence-corrected chi connectivity index (χ0v) is 15.4. The maximum atomic E-state index is 12.4. The number of hydrogen-bond acceptors (Lipinski definition) is 4. The standard InChI is InChI=1S/C20H24N4O3/c1-23-8-5-16(12-18(23)25)20(27)22-17-4-2-3-14(11-17)13-24-9-6-15(7-10-24)19(21)26/h2-5,8,11-12,15H,6-7,9-10,13H2,1H3,(H2,21,26)(H,22,27). The lowest BCUT2D eigenvalue weighted by Gasteiger charge is -2.30. The highest BCUT2D eigenvalue weighted by Crippen LogP contribution is 2.20. The van der Waals surface area contributed by atoms with Crippen molar-refractivity contribution >= 4 is 17.5 Å². The van der Waals surface area contributed by atoms with Gasteiger partial charge in [0.1, 0.15) is 0 Å². The number of nitrogens with one attached hydrogen (secondary N) is 1. The molecule has 7 nitrogen and oxygen atoms in total. The molecule has 0 spiro atoms. The van der Waals surface area contributed by atoms with Gasteiger partial charge < -0.3 is 15.6 Å². The summed E-state index contributed by atoms with van der Waals surface area (Å²) in [5.41, 5.74) is 7.25.